The predicted octanol–water partition coefficient (Wildman–Crippen LogP) is 1.30. The van der Waals surface area contributed by atoms with Crippen LogP contribution in [0.4, 0.5) is 0 Å². The lowest BCUT2D eigenvalue weighted by Gasteiger charge is -2.37. The molecule has 19 heavy (non-hydrogen) atoms. The minimum Gasteiger partial charge on any atom is -0.480 e. The van der Waals surface area contributed by atoms with Gasteiger partial charge in [-0.25, -0.2) is 4.79 Å². The van der Waals surface area contributed by atoms with Crippen molar-refractivity contribution < 1.29 is 14.7 Å². The van der Waals surface area contributed by atoms with Gasteiger partial charge in [0.1, 0.15) is 5.54 Å². The van der Waals surface area contributed by atoms with E-state index in [9.17, 15) is 14.7 Å². The van der Waals surface area contributed by atoms with Gasteiger partial charge in [-0.15, -0.1) is 6.58 Å². The molecule has 5 nitrogen and oxygen atoms in total. The van der Waals surface area contributed by atoms with Gasteiger partial charge in [0.2, 0.25) is 5.91 Å². The SMILES string of the molecule is C=CCNCC(=O)NC1(C(=O)O)CCC(CC)CC1. The predicted molar refractivity (Wildman–Crippen MR) is 73.8 cm³/mol. The van der Waals surface area contributed by atoms with Gasteiger partial charge in [-0.05, 0) is 31.6 Å². The first-order valence-corrected chi connectivity index (χ1v) is 6.90. The van der Waals surface area contributed by atoms with Gasteiger partial charge in [0.25, 0.3) is 0 Å². The van der Waals surface area contributed by atoms with E-state index in [0.29, 0.717) is 25.3 Å². The Bertz CT molecular complexity index is 334. The molecule has 0 bridgehead atoms. The Morgan fingerprint density at radius 3 is 2.53 bits per heavy atom. The van der Waals surface area contributed by atoms with Crippen LogP contribution in [-0.2, 0) is 9.59 Å². The van der Waals surface area contributed by atoms with Crippen molar-refractivity contribution in [2.24, 2.45) is 5.92 Å². The zero-order valence-electron chi connectivity index (χ0n) is 11.6. The maximum atomic E-state index is 11.8. The molecule has 1 aliphatic rings. The Kier molecular flexibility index (Phi) is 6.02. The lowest BCUT2D eigenvalue weighted by molar-refractivity contribution is -0.149. The lowest BCUT2D eigenvalue weighted by Crippen LogP contribution is -2.57. The number of rotatable bonds is 7. The van der Waals surface area contributed by atoms with Crippen molar-refractivity contribution in [3.63, 3.8) is 0 Å². The Morgan fingerprint density at radius 1 is 1.42 bits per heavy atom. The number of nitrogens with one attached hydrogen (secondary N) is 2. The first kappa shape index (κ1) is 15.7. The minimum atomic E-state index is -1.07. The van der Waals surface area contributed by atoms with Crippen molar-refractivity contribution in [3.8, 4) is 0 Å². The fraction of sp³-hybridized carbons (Fsp3) is 0.714. The first-order chi connectivity index (χ1) is 9.04. The molecular weight excluding hydrogens is 244 g/mol. The van der Waals surface area contributed by atoms with Crippen LogP contribution in [0, 0.1) is 5.92 Å². The van der Waals surface area contributed by atoms with Crippen LogP contribution < -0.4 is 10.6 Å². The molecule has 0 aromatic rings. The molecule has 1 saturated carbocycles. The van der Waals surface area contributed by atoms with Crippen molar-refractivity contribution in [3.05, 3.63) is 12.7 Å². The number of carboxylic acid groups (broad SMARTS) is 1. The monoisotopic (exact) mass is 268 g/mol. The summed E-state index contributed by atoms with van der Waals surface area (Å²) in [6, 6.07) is 0. The number of hydrogen-bond acceptors (Lipinski definition) is 3. The van der Waals surface area contributed by atoms with Crippen molar-refractivity contribution >= 4 is 11.9 Å². The van der Waals surface area contributed by atoms with Gasteiger partial charge in [-0.2, -0.15) is 0 Å². The van der Waals surface area contributed by atoms with Gasteiger partial charge in [0.05, 0.1) is 6.54 Å². The summed E-state index contributed by atoms with van der Waals surface area (Å²) in [7, 11) is 0. The Labute approximate surface area is 114 Å². The van der Waals surface area contributed by atoms with E-state index in [0.717, 1.165) is 19.3 Å². The molecule has 0 aromatic heterocycles. The van der Waals surface area contributed by atoms with E-state index in [1.54, 1.807) is 6.08 Å². The summed E-state index contributed by atoms with van der Waals surface area (Å²) >= 11 is 0. The molecule has 0 saturated heterocycles. The van der Waals surface area contributed by atoms with Crippen LogP contribution in [0.15, 0.2) is 12.7 Å². The molecule has 0 atom stereocenters. The van der Waals surface area contributed by atoms with Gasteiger partial charge in [-0.3, -0.25) is 4.79 Å². The van der Waals surface area contributed by atoms with Crippen LogP contribution in [-0.4, -0.2) is 35.6 Å². The molecule has 0 aromatic carbocycles. The largest absolute Gasteiger partial charge is 0.480 e. The summed E-state index contributed by atoms with van der Waals surface area (Å²) in [6.45, 7) is 6.32. The quantitative estimate of drug-likeness (QED) is 0.480. The molecule has 0 spiro atoms. The van der Waals surface area contributed by atoms with Crippen molar-refractivity contribution in [2.75, 3.05) is 13.1 Å². The Morgan fingerprint density at radius 2 is 2.05 bits per heavy atom. The van der Waals surface area contributed by atoms with Crippen molar-refractivity contribution in [1.29, 1.82) is 0 Å². The molecular formula is C14H24N2O3. The normalized spacial score (nSPS) is 26.7. The fourth-order valence-corrected chi connectivity index (χ4v) is 2.57. The van der Waals surface area contributed by atoms with Gasteiger partial charge in [0, 0.05) is 6.54 Å². The molecule has 108 valence electrons. The minimum absolute atomic E-state index is 0.123. The summed E-state index contributed by atoms with van der Waals surface area (Å²) in [6.07, 6.45) is 5.51. The Hall–Kier alpha value is -1.36. The molecule has 0 unspecified atom stereocenters. The molecule has 1 aliphatic carbocycles. The third-order valence-corrected chi connectivity index (χ3v) is 3.90. The summed E-state index contributed by atoms with van der Waals surface area (Å²) < 4.78 is 0. The summed E-state index contributed by atoms with van der Waals surface area (Å²) in [5.41, 5.74) is -1.07. The van der Waals surface area contributed by atoms with E-state index < -0.39 is 11.5 Å². The van der Waals surface area contributed by atoms with Gasteiger partial charge >= 0.3 is 5.97 Å². The number of carbonyl (C=O) groups excluding carboxylic acids is 1. The number of carbonyl (C=O) groups is 2. The smallest absolute Gasteiger partial charge is 0.329 e. The molecule has 3 N–H and O–H groups in total. The van der Waals surface area contributed by atoms with E-state index in [1.165, 1.54) is 0 Å². The standard InChI is InChI=1S/C14H24N2O3/c1-3-9-15-10-12(17)16-14(13(18)19)7-5-11(4-2)6-8-14/h3,11,15H,1,4-10H2,2H3,(H,16,17)(H,18,19). The molecule has 1 amide bonds. The van der Waals surface area contributed by atoms with Gasteiger partial charge in [0.15, 0.2) is 0 Å². The topological polar surface area (TPSA) is 78.4 Å². The lowest BCUT2D eigenvalue weighted by atomic mass is 9.75. The van der Waals surface area contributed by atoms with Crippen LogP contribution in [0.5, 0.6) is 0 Å². The number of aliphatic carboxylic acids is 1. The van der Waals surface area contributed by atoms with Crippen LogP contribution in [0.2, 0.25) is 0 Å². The fourth-order valence-electron chi connectivity index (χ4n) is 2.57. The zero-order valence-corrected chi connectivity index (χ0v) is 11.6. The van der Waals surface area contributed by atoms with Gasteiger partial charge < -0.3 is 15.7 Å². The van der Waals surface area contributed by atoms with E-state index in [1.807, 2.05) is 0 Å². The van der Waals surface area contributed by atoms with Gasteiger partial charge in [-0.1, -0.05) is 19.4 Å². The highest BCUT2D eigenvalue weighted by Gasteiger charge is 2.42. The van der Waals surface area contributed by atoms with E-state index in [-0.39, 0.29) is 12.5 Å². The maximum absolute atomic E-state index is 11.8. The highest BCUT2D eigenvalue weighted by molar-refractivity contribution is 5.88. The highest BCUT2D eigenvalue weighted by Crippen LogP contribution is 2.33. The Balaban J connectivity index is 2.56. The number of carboxylic acids is 1. The van der Waals surface area contributed by atoms with Crippen LogP contribution in [0.3, 0.4) is 0 Å². The van der Waals surface area contributed by atoms with Crippen molar-refractivity contribution in [2.45, 2.75) is 44.6 Å². The number of hydrogen-bond donors (Lipinski definition) is 3. The van der Waals surface area contributed by atoms with E-state index >= 15 is 0 Å². The average Bonchev–Trinajstić information content (AvgIpc) is 2.39. The van der Waals surface area contributed by atoms with Crippen molar-refractivity contribution in [1.82, 2.24) is 10.6 Å². The summed E-state index contributed by atoms with van der Waals surface area (Å²) in [5.74, 6) is -0.596. The average molecular weight is 268 g/mol. The second-order valence-corrected chi connectivity index (χ2v) is 5.21. The second-order valence-electron chi connectivity index (χ2n) is 5.21. The molecule has 0 aliphatic heterocycles. The molecule has 0 heterocycles. The second kappa shape index (κ2) is 7.28. The van der Waals surface area contributed by atoms with Crippen LogP contribution in [0.1, 0.15) is 39.0 Å². The summed E-state index contributed by atoms with van der Waals surface area (Å²) in [4.78, 5) is 23.3. The summed E-state index contributed by atoms with van der Waals surface area (Å²) in [5, 5.41) is 15.0. The third kappa shape index (κ3) is 4.35. The van der Waals surface area contributed by atoms with Crippen LogP contribution >= 0.6 is 0 Å². The van der Waals surface area contributed by atoms with Crippen LogP contribution in [0.25, 0.3) is 0 Å². The van der Waals surface area contributed by atoms with E-state index in [2.05, 4.69) is 24.1 Å². The maximum Gasteiger partial charge on any atom is 0.329 e. The zero-order chi connectivity index (χ0) is 14.3. The molecule has 5 heteroatoms. The van der Waals surface area contributed by atoms with E-state index in [4.69, 9.17) is 0 Å². The molecule has 0 radical (unpaired) electrons. The number of amides is 1. The third-order valence-electron chi connectivity index (χ3n) is 3.90. The highest BCUT2D eigenvalue weighted by atomic mass is 16.4. The molecule has 1 rings (SSSR count). The molecule has 1 fully saturated rings. The first-order valence-electron chi connectivity index (χ1n) is 6.90.